The maximum absolute atomic E-state index is 10.6. The van der Waals surface area contributed by atoms with Crippen LogP contribution < -0.4 is 0 Å². The number of esters is 4. The van der Waals surface area contributed by atoms with Crippen LogP contribution in [-0.2, 0) is 38.1 Å². The first kappa shape index (κ1) is 35.4. The third-order valence-electron chi connectivity index (χ3n) is 3.89. The van der Waals surface area contributed by atoms with Gasteiger partial charge >= 0.3 is 23.9 Å². The number of hydrogen-bond acceptors (Lipinski definition) is 8. The number of carbonyl (C=O) groups is 4. The van der Waals surface area contributed by atoms with Gasteiger partial charge in [0, 0.05) is 24.3 Å². The van der Waals surface area contributed by atoms with Crippen LogP contribution in [-0.4, -0.2) is 50.3 Å². The number of unbranched alkanes of at least 4 members (excludes halogenated alkanes) is 3. The van der Waals surface area contributed by atoms with Crippen LogP contribution in [0.5, 0.6) is 0 Å². The van der Waals surface area contributed by atoms with E-state index < -0.39 is 11.9 Å². The van der Waals surface area contributed by atoms with Gasteiger partial charge in [-0.1, -0.05) is 66.3 Å². The summed E-state index contributed by atoms with van der Waals surface area (Å²) in [6.07, 6.45) is 10.1. The average molecular weight is 483 g/mol. The highest BCUT2D eigenvalue weighted by Crippen LogP contribution is 2.00. The SMILES string of the molecule is C=CC(=O)OCC(C)CC.C=CC(=O)OCCCCC.C=CC(=O)OCCCCOC(=O)C=C. The molecule has 0 aromatic rings. The minimum absolute atomic E-state index is 0.316. The fraction of sp³-hybridized carbons (Fsp3) is 0.538. The van der Waals surface area contributed by atoms with E-state index in [-0.39, 0.29) is 11.9 Å². The summed E-state index contributed by atoms with van der Waals surface area (Å²) in [5, 5.41) is 0. The maximum Gasteiger partial charge on any atom is 0.330 e. The summed E-state index contributed by atoms with van der Waals surface area (Å²) < 4.78 is 18.9. The zero-order valence-corrected chi connectivity index (χ0v) is 21.1. The van der Waals surface area contributed by atoms with Crippen LogP contribution in [0.4, 0.5) is 0 Å². The fourth-order valence-corrected chi connectivity index (χ4v) is 1.65. The standard InChI is InChI=1S/C10H14O4.2C8H14O2/c1-3-9(11)13-7-5-6-8-14-10(12)4-2;1-4-7(3)6-10-8(9)5-2;1-3-5-6-7-10-8(9)4-2/h3-4H,1-2,5-8H2;5,7H,2,4,6H2,1,3H3;4H,2-3,5-7H2,1H3. The van der Waals surface area contributed by atoms with Crippen LogP contribution in [0.25, 0.3) is 0 Å². The van der Waals surface area contributed by atoms with Crippen molar-refractivity contribution in [2.75, 3.05) is 26.4 Å². The van der Waals surface area contributed by atoms with Crippen LogP contribution in [0.1, 0.15) is 59.3 Å². The zero-order chi connectivity index (χ0) is 26.6. The van der Waals surface area contributed by atoms with Gasteiger partial charge in [0.15, 0.2) is 0 Å². The first-order chi connectivity index (χ1) is 16.2. The van der Waals surface area contributed by atoms with Crippen molar-refractivity contribution >= 4 is 23.9 Å². The van der Waals surface area contributed by atoms with Crippen molar-refractivity contribution in [1.82, 2.24) is 0 Å². The summed E-state index contributed by atoms with van der Waals surface area (Å²) in [6, 6.07) is 0. The second kappa shape index (κ2) is 27.9. The summed E-state index contributed by atoms with van der Waals surface area (Å²) in [4.78, 5) is 42.0. The van der Waals surface area contributed by atoms with Gasteiger partial charge in [0.05, 0.1) is 26.4 Å². The normalized spacial score (nSPS) is 9.85. The van der Waals surface area contributed by atoms with Gasteiger partial charge in [0.2, 0.25) is 0 Å². The van der Waals surface area contributed by atoms with Gasteiger partial charge < -0.3 is 18.9 Å². The van der Waals surface area contributed by atoms with Crippen molar-refractivity contribution in [3.63, 3.8) is 0 Å². The minimum atomic E-state index is -0.437. The second-order valence-corrected chi connectivity index (χ2v) is 6.88. The molecule has 8 heteroatoms. The first-order valence-corrected chi connectivity index (χ1v) is 11.4. The predicted octanol–water partition coefficient (Wildman–Crippen LogP) is 4.89. The van der Waals surface area contributed by atoms with Crippen molar-refractivity contribution in [2.45, 2.75) is 59.3 Å². The van der Waals surface area contributed by atoms with Crippen molar-refractivity contribution in [3.8, 4) is 0 Å². The Morgan fingerprint density at radius 2 is 0.941 bits per heavy atom. The number of rotatable bonds is 16. The molecule has 0 radical (unpaired) electrons. The number of carbonyl (C=O) groups excluding carboxylic acids is 4. The summed E-state index contributed by atoms with van der Waals surface area (Å²) in [7, 11) is 0. The summed E-state index contributed by atoms with van der Waals surface area (Å²) in [5.41, 5.74) is 0. The monoisotopic (exact) mass is 482 g/mol. The van der Waals surface area contributed by atoms with E-state index in [0.717, 1.165) is 37.8 Å². The topological polar surface area (TPSA) is 105 Å². The summed E-state index contributed by atoms with van der Waals surface area (Å²) >= 11 is 0. The molecule has 194 valence electrons. The molecule has 0 spiro atoms. The van der Waals surface area contributed by atoms with Gasteiger partial charge in [-0.15, -0.1) is 0 Å². The van der Waals surface area contributed by atoms with E-state index >= 15 is 0 Å². The molecule has 0 heterocycles. The average Bonchev–Trinajstić information content (AvgIpc) is 2.86. The Morgan fingerprint density at radius 1 is 0.618 bits per heavy atom. The highest BCUT2D eigenvalue weighted by atomic mass is 16.5. The van der Waals surface area contributed by atoms with E-state index in [4.69, 9.17) is 18.9 Å². The number of hydrogen-bond donors (Lipinski definition) is 0. The highest BCUT2D eigenvalue weighted by molar-refractivity contribution is 5.82. The Kier molecular flexibility index (Phi) is 29.0. The third kappa shape index (κ3) is 31.0. The third-order valence-corrected chi connectivity index (χ3v) is 3.89. The lowest BCUT2D eigenvalue weighted by Gasteiger charge is -2.06. The van der Waals surface area contributed by atoms with Crippen molar-refractivity contribution in [2.24, 2.45) is 5.92 Å². The summed E-state index contributed by atoms with van der Waals surface area (Å²) in [5.74, 6) is -1.08. The van der Waals surface area contributed by atoms with Crippen LogP contribution in [0, 0.1) is 5.92 Å². The molecule has 0 aliphatic heterocycles. The van der Waals surface area contributed by atoms with Crippen LogP contribution in [0.2, 0.25) is 0 Å². The van der Waals surface area contributed by atoms with Crippen LogP contribution in [0.3, 0.4) is 0 Å². The molecule has 1 unspecified atom stereocenters. The van der Waals surface area contributed by atoms with Gasteiger partial charge in [-0.25, -0.2) is 19.2 Å². The molecule has 0 bridgehead atoms. The molecular weight excluding hydrogens is 440 g/mol. The summed E-state index contributed by atoms with van der Waals surface area (Å²) in [6.45, 7) is 21.0. The van der Waals surface area contributed by atoms with Crippen molar-refractivity contribution in [3.05, 3.63) is 50.6 Å². The molecular formula is C26H42O8. The molecule has 0 aromatic carbocycles. The quantitative estimate of drug-likeness (QED) is 0.132. The highest BCUT2D eigenvalue weighted by Gasteiger charge is 2.01. The van der Waals surface area contributed by atoms with E-state index in [9.17, 15) is 19.2 Å². The second-order valence-electron chi connectivity index (χ2n) is 6.88. The Bertz CT molecular complexity index is 586. The van der Waals surface area contributed by atoms with Crippen molar-refractivity contribution in [1.29, 1.82) is 0 Å². The predicted molar refractivity (Wildman–Crippen MR) is 133 cm³/mol. The molecule has 1 atom stereocenters. The smallest absolute Gasteiger partial charge is 0.330 e. The van der Waals surface area contributed by atoms with Crippen LogP contribution in [0.15, 0.2) is 50.6 Å². The van der Waals surface area contributed by atoms with E-state index in [1.54, 1.807) is 0 Å². The molecule has 0 fully saturated rings. The number of ether oxygens (including phenoxy) is 4. The van der Waals surface area contributed by atoms with Gasteiger partial charge in [0.1, 0.15) is 0 Å². The minimum Gasteiger partial charge on any atom is -0.463 e. The van der Waals surface area contributed by atoms with E-state index in [1.165, 1.54) is 12.2 Å². The van der Waals surface area contributed by atoms with Crippen LogP contribution >= 0.6 is 0 Å². The molecule has 0 amide bonds. The van der Waals surface area contributed by atoms with Gasteiger partial charge in [0.25, 0.3) is 0 Å². The molecule has 0 N–H and O–H groups in total. The van der Waals surface area contributed by atoms with Crippen molar-refractivity contribution < 1.29 is 38.1 Å². The van der Waals surface area contributed by atoms with Gasteiger partial charge in [-0.3, -0.25) is 0 Å². The molecule has 34 heavy (non-hydrogen) atoms. The largest absolute Gasteiger partial charge is 0.463 e. The lowest BCUT2D eigenvalue weighted by atomic mass is 10.1. The lowest BCUT2D eigenvalue weighted by Crippen LogP contribution is -2.08. The lowest BCUT2D eigenvalue weighted by molar-refractivity contribution is -0.140. The van der Waals surface area contributed by atoms with E-state index in [1.807, 2.05) is 6.92 Å². The van der Waals surface area contributed by atoms with Gasteiger partial charge in [-0.2, -0.15) is 0 Å². The molecule has 0 aliphatic rings. The Morgan fingerprint density at radius 3 is 1.24 bits per heavy atom. The molecule has 0 saturated heterocycles. The maximum atomic E-state index is 10.6. The van der Waals surface area contributed by atoms with Gasteiger partial charge in [-0.05, 0) is 25.2 Å². The van der Waals surface area contributed by atoms with E-state index in [2.05, 4.69) is 40.2 Å². The Labute approximate surface area is 204 Å². The molecule has 8 nitrogen and oxygen atoms in total. The molecule has 0 aromatic heterocycles. The molecule has 0 saturated carbocycles. The van der Waals surface area contributed by atoms with E-state index in [0.29, 0.717) is 45.2 Å². The fourth-order valence-electron chi connectivity index (χ4n) is 1.65. The zero-order valence-electron chi connectivity index (χ0n) is 21.1. The first-order valence-electron chi connectivity index (χ1n) is 11.4. The molecule has 0 aliphatic carbocycles. The Balaban J connectivity index is -0.000000434. The molecule has 0 rings (SSSR count). The Hall–Kier alpha value is -3.16.